The van der Waals surface area contributed by atoms with Gasteiger partial charge in [-0.05, 0) is 12.6 Å². The molecule has 0 aliphatic rings. The van der Waals surface area contributed by atoms with Crippen LogP contribution in [0.4, 0.5) is 0 Å². The van der Waals surface area contributed by atoms with Crippen LogP contribution in [0.5, 0.6) is 0 Å². The van der Waals surface area contributed by atoms with Gasteiger partial charge in [-0.3, -0.25) is 0 Å². The monoisotopic (exact) mass is 134 g/mol. The maximum absolute atomic E-state index is 5.25. The molecule has 2 heteroatoms. The summed E-state index contributed by atoms with van der Waals surface area (Å²) in [5.41, 5.74) is 0. The van der Waals surface area contributed by atoms with E-state index in [0.717, 1.165) is 21.8 Å². The summed E-state index contributed by atoms with van der Waals surface area (Å²) in [6, 6.07) is 0. The highest BCUT2D eigenvalue weighted by molar-refractivity contribution is 7.32. The lowest BCUT2D eigenvalue weighted by Crippen LogP contribution is -1.81. The third-order valence-electron chi connectivity index (χ3n) is 0.760. The minimum atomic E-state index is 0.739. The van der Waals surface area contributed by atoms with Gasteiger partial charge in [-0.15, -0.1) is 0 Å². The van der Waals surface area contributed by atoms with Crippen LogP contribution in [-0.2, 0) is 4.52 Å². The average Bonchev–Trinajstić information content (AvgIpc) is 1.81. The van der Waals surface area contributed by atoms with Gasteiger partial charge in [-0.1, -0.05) is 20.3 Å². The Morgan fingerprint density at radius 1 is 1.25 bits per heavy atom. The molecule has 0 aromatic heterocycles. The molecule has 1 nitrogen and oxygen atoms in total. The Labute approximate surface area is 53.7 Å². The topological polar surface area (TPSA) is 9.23 Å². The van der Waals surface area contributed by atoms with Gasteiger partial charge in [0.05, 0.1) is 6.61 Å². The molecule has 0 radical (unpaired) electrons. The fraction of sp³-hybridized carbons (Fsp3) is 1.00. The molecule has 0 N–H and O–H groups in total. The van der Waals surface area contributed by atoms with Crippen molar-refractivity contribution in [3.05, 3.63) is 0 Å². The molecule has 0 aromatic carbocycles. The third kappa shape index (κ3) is 6.39. The summed E-state index contributed by atoms with van der Waals surface area (Å²) >= 11 is 0. The number of rotatable bonds is 5. The largest absolute Gasteiger partial charge is 0.362 e. The molecule has 0 fully saturated rings. The summed E-state index contributed by atoms with van der Waals surface area (Å²) in [5, 5.41) is 0. The second kappa shape index (κ2) is 7.39. The highest BCUT2D eigenvalue weighted by Crippen LogP contribution is 2.12. The summed E-state index contributed by atoms with van der Waals surface area (Å²) in [6.07, 6.45) is 3.64. The SMILES string of the molecule is CCCOPCCC. The fourth-order valence-corrected chi connectivity index (χ4v) is 1.05. The Morgan fingerprint density at radius 3 is 2.50 bits per heavy atom. The predicted molar refractivity (Wildman–Crippen MR) is 39.7 cm³/mol. The normalized spacial score (nSPS) is 11.2. The summed E-state index contributed by atoms with van der Waals surface area (Å²) in [6.45, 7) is 5.26. The minimum Gasteiger partial charge on any atom is -0.362 e. The zero-order valence-electron chi connectivity index (χ0n) is 5.74. The lowest BCUT2D eigenvalue weighted by Gasteiger charge is -1.97. The van der Waals surface area contributed by atoms with E-state index in [2.05, 4.69) is 13.8 Å². The molecule has 0 saturated heterocycles. The quantitative estimate of drug-likeness (QED) is 0.414. The molecule has 0 heterocycles. The van der Waals surface area contributed by atoms with Crippen LogP contribution in [0.15, 0.2) is 0 Å². The van der Waals surface area contributed by atoms with Gasteiger partial charge in [-0.25, -0.2) is 0 Å². The van der Waals surface area contributed by atoms with E-state index < -0.39 is 0 Å². The first-order valence-corrected chi connectivity index (χ1v) is 4.38. The molecule has 8 heavy (non-hydrogen) atoms. The first-order valence-electron chi connectivity index (χ1n) is 3.26. The molecule has 0 rings (SSSR count). The van der Waals surface area contributed by atoms with E-state index in [-0.39, 0.29) is 0 Å². The van der Waals surface area contributed by atoms with E-state index in [1.807, 2.05) is 0 Å². The highest BCUT2D eigenvalue weighted by atomic mass is 31.1. The Hall–Kier alpha value is 0.390. The fourth-order valence-electron chi connectivity index (χ4n) is 0.348. The van der Waals surface area contributed by atoms with Crippen molar-refractivity contribution < 1.29 is 4.52 Å². The van der Waals surface area contributed by atoms with Crippen molar-refractivity contribution in [3.8, 4) is 0 Å². The smallest absolute Gasteiger partial charge is 0.0502 e. The Morgan fingerprint density at radius 2 is 2.00 bits per heavy atom. The van der Waals surface area contributed by atoms with Gasteiger partial charge in [0, 0.05) is 8.81 Å². The molecular weight excluding hydrogens is 119 g/mol. The molecule has 0 aromatic rings. The first kappa shape index (κ1) is 8.39. The lowest BCUT2D eigenvalue weighted by atomic mass is 10.5. The number of hydrogen-bond acceptors (Lipinski definition) is 1. The molecule has 50 valence electrons. The molecule has 1 unspecified atom stereocenters. The summed E-state index contributed by atoms with van der Waals surface area (Å²) in [7, 11) is 0.739. The van der Waals surface area contributed by atoms with Crippen LogP contribution in [0.3, 0.4) is 0 Å². The first-order chi connectivity index (χ1) is 3.91. The van der Waals surface area contributed by atoms with Gasteiger partial charge < -0.3 is 4.52 Å². The van der Waals surface area contributed by atoms with Crippen LogP contribution < -0.4 is 0 Å². The number of hydrogen-bond donors (Lipinski definition) is 0. The van der Waals surface area contributed by atoms with E-state index >= 15 is 0 Å². The zero-order chi connectivity index (χ0) is 6.24. The molecule has 1 atom stereocenters. The van der Waals surface area contributed by atoms with Crippen LogP contribution >= 0.6 is 8.81 Å². The van der Waals surface area contributed by atoms with Crippen molar-refractivity contribution in [3.63, 3.8) is 0 Å². The summed E-state index contributed by atoms with van der Waals surface area (Å²) < 4.78 is 5.25. The van der Waals surface area contributed by atoms with Crippen LogP contribution in [0.2, 0.25) is 0 Å². The van der Waals surface area contributed by atoms with Crippen molar-refractivity contribution in [2.75, 3.05) is 12.8 Å². The summed E-state index contributed by atoms with van der Waals surface area (Å²) in [4.78, 5) is 0. The third-order valence-corrected chi connectivity index (χ3v) is 1.87. The van der Waals surface area contributed by atoms with Crippen molar-refractivity contribution in [2.45, 2.75) is 26.7 Å². The van der Waals surface area contributed by atoms with Crippen molar-refractivity contribution in [1.29, 1.82) is 0 Å². The van der Waals surface area contributed by atoms with E-state index in [1.165, 1.54) is 12.6 Å². The van der Waals surface area contributed by atoms with Gasteiger partial charge in [0.2, 0.25) is 0 Å². The van der Waals surface area contributed by atoms with Gasteiger partial charge in [0.15, 0.2) is 0 Å². The molecule has 0 aliphatic carbocycles. The Bertz CT molecular complexity index is 33.5. The van der Waals surface area contributed by atoms with Crippen LogP contribution in [0, 0.1) is 0 Å². The van der Waals surface area contributed by atoms with Gasteiger partial charge in [0.25, 0.3) is 0 Å². The van der Waals surface area contributed by atoms with E-state index in [4.69, 9.17) is 4.52 Å². The maximum atomic E-state index is 5.25. The van der Waals surface area contributed by atoms with E-state index in [0.29, 0.717) is 0 Å². The van der Waals surface area contributed by atoms with Crippen LogP contribution in [0.25, 0.3) is 0 Å². The molecule has 0 spiro atoms. The average molecular weight is 134 g/mol. The maximum Gasteiger partial charge on any atom is 0.0502 e. The van der Waals surface area contributed by atoms with Gasteiger partial charge >= 0.3 is 0 Å². The summed E-state index contributed by atoms with van der Waals surface area (Å²) in [5.74, 6) is 0. The lowest BCUT2D eigenvalue weighted by molar-refractivity contribution is 0.362. The zero-order valence-corrected chi connectivity index (χ0v) is 6.74. The predicted octanol–water partition coefficient (Wildman–Crippen LogP) is 2.42. The van der Waals surface area contributed by atoms with Crippen LogP contribution in [0.1, 0.15) is 26.7 Å². The molecular formula is C6H15OP. The van der Waals surface area contributed by atoms with Gasteiger partial charge in [-0.2, -0.15) is 0 Å². The second-order valence-electron chi connectivity index (χ2n) is 1.74. The van der Waals surface area contributed by atoms with Crippen molar-refractivity contribution >= 4 is 8.81 Å². The van der Waals surface area contributed by atoms with Gasteiger partial charge in [0.1, 0.15) is 0 Å². The molecule has 0 saturated carbocycles. The minimum absolute atomic E-state index is 0.739. The van der Waals surface area contributed by atoms with Crippen LogP contribution in [-0.4, -0.2) is 12.8 Å². The second-order valence-corrected chi connectivity index (χ2v) is 2.82. The Balaban J connectivity index is 2.53. The van der Waals surface area contributed by atoms with E-state index in [1.54, 1.807) is 0 Å². The Kier molecular flexibility index (Phi) is 7.75. The molecule has 0 aliphatic heterocycles. The highest BCUT2D eigenvalue weighted by Gasteiger charge is 1.81. The van der Waals surface area contributed by atoms with Crippen molar-refractivity contribution in [1.82, 2.24) is 0 Å². The van der Waals surface area contributed by atoms with E-state index in [9.17, 15) is 0 Å². The van der Waals surface area contributed by atoms with Crippen molar-refractivity contribution in [2.24, 2.45) is 0 Å². The molecule has 0 bridgehead atoms. The standard InChI is InChI=1S/C6H15OP/c1-3-5-7-8-6-4-2/h8H,3-6H2,1-2H3. The molecule has 0 amide bonds.